The molecule has 0 unspecified atom stereocenters. The second kappa shape index (κ2) is 4.78. The van der Waals surface area contributed by atoms with Crippen molar-refractivity contribution in [1.29, 1.82) is 0 Å². The maximum atomic E-state index is 10.3. The number of nitroso groups, excluding NO2 is 1. The van der Waals surface area contributed by atoms with Crippen molar-refractivity contribution in [3.05, 3.63) is 58.0 Å². The van der Waals surface area contributed by atoms with Gasteiger partial charge in [-0.15, -0.1) is 4.91 Å². The van der Waals surface area contributed by atoms with Crippen LogP contribution in [0.1, 0.15) is 11.4 Å². The van der Waals surface area contributed by atoms with Crippen molar-refractivity contribution in [2.45, 2.75) is 6.42 Å². The van der Waals surface area contributed by atoms with Gasteiger partial charge in [0.15, 0.2) is 5.15 Å². The van der Waals surface area contributed by atoms with Crippen LogP contribution in [0.4, 0.5) is 5.69 Å². The van der Waals surface area contributed by atoms with Crippen molar-refractivity contribution in [3.63, 3.8) is 0 Å². The first-order valence-corrected chi connectivity index (χ1v) is 6.05. The van der Waals surface area contributed by atoms with E-state index in [0.29, 0.717) is 22.8 Å². The van der Waals surface area contributed by atoms with E-state index in [0.717, 1.165) is 16.9 Å². The largest absolute Gasteiger partial charge is 0.342 e. The van der Waals surface area contributed by atoms with Gasteiger partial charge in [0.1, 0.15) is 17.0 Å². The number of pyridine rings is 1. The van der Waals surface area contributed by atoms with Crippen LogP contribution in [0.5, 0.6) is 0 Å². The zero-order valence-corrected chi connectivity index (χ0v) is 10.6. The fraction of sp³-hybridized carbons (Fsp3) is 0.0769. The minimum absolute atomic E-state index is 0.389. The summed E-state index contributed by atoms with van der Waals surface area (Å²) in [7, 11) is 0. The number of nitrogens with zero attached hydrogens (tertiary/aromatic N) is 3. The summed E-state index contributed by atoms with van der Waals surface area (Å²) in [5.41, 5.74) is 2.99. The van der Waals surface area contributed by atoms with E-state index < -0.39 is 0 Å². The van der Waals surface area contributed by atoms with E-state index in [2.05, 4.69) is 20.1 Å². The van der Waals surface area contributed by atoms with Gasteiger partial charge >= 0.3 is 0 Å². The molecule has 0 aliphatic carbocycles. The summed E-state index contributed by atoms with van der Waals surface area (Å²) in [6.45, 7) is 0. The molecule has 1 N–H and O–H groups in total. The Labute approximate surface area is 113 Å². The van der Waals surface area contributed by atoms with E-state index >= 15 is 0 Å². The van der Waals surface area contributed by atoms with Crippen LogP contribution in [0.3, 0.4) is 0 Å². The van der Waals surface area contributed by atoms with Gasteiger partial charge in [-0.3, -0.25) is 0 Å². The van der Waals surface area contributed by atoms with Crippen molar-refractivity contribution in [1.82, 2.24) is 15.0 Å². The highest BCUT2D eigenvalue weighted by Crippen LogP contribution is 2.20. The molecule has 0 aliphatic heterocycles. The van der Waals surface area contributed by atoms with Crippen LogP contribution in [0.25, 0.3) is 11.0 Å². The average molecular weight is 273 g/mol. The van der Waals surface area contributed by atoms with Gasteiger partial charge < -0.3 is 4.98 Å². The zero-order chi connectivity index (χ0) is 13.2. The topological polar surface area (TPSA) is 71.0 Å². The molecular formula is C13H9ClN4O. The SMILES string of the molecule is O=Nc1ccc(Cc2nc3c(Cl)nccc3[nH]2)cc1. The Morgan fingerprint density at radius 1 is 1.21 bits per heavy atom. The number of nitrogens with one attached hydrogen (secondary N) is 1. The van der Waals surface area contributed by atoms with E-state index in [9.17, 15) is 4.91 Å². The highest BCUT2D eigenvalue weighted by Gasteiger charge is 2.07. The third-order valence-electron chi connectivity index (χ3n) is 2.82. The fourth-order valence-electron chi connectivity index (χ4n) is 1.91. The lowest BCUT2D eigenvalue weighted by Crippen LogP contribution is -1.89. The van der Waals surface area contributed by atoms with E-state index in [4.69, 9.17) is 11.6 Å². The van der Waals surface area contributed by atoms with Crippen LogP contribution in [-0.4, -0.2) is 15.0 Å². The molecule has 0 saturated carbocycles. The Morgan fingerprint density at radius 2 is 2.00 bits per heavy atom. The van der Waals surface area contributed by atoms with Gasteiger partial charge in [-0.1, -0.05) is 23.7 Å². The van der Waals surface area contributed by atoms with Gasteiger partial charge in [-0.05, 0) is 28.9 Å². The van der Waals surface area contributed by atoms with Crippen molar-refractivity contribution in [2.75, 3.05) is 0 Å². The molecule has 0 radical (unpaired) electrons. The van der Waals surface area contributed by atoms with Crippen LogP contribution >= 0.6 is 11.6 Å². The molecule has 0 amide bonds. The molecule has 19 heavy (non-hydrogen) atoms. The number of hydrogen-bond acceptors (Lipinski definition) is 4. The third-order valence-corrected chi connectivity index (χ3v) is 3.10. The van der Waals surface area contributed by atoms with E-state index in [1.807, 2.05) is 18.2 Å². The molecule has 1 aromatic carbocycles. The lowest BCUT2D eigenvalue weighted by atomic mass is 10.1. The second-order valence-electron chi connectivity index (χ2n) is 4.12. The Hall–Kier alpha value is -2.27. The second-order valence-corrected chi connectivity index (χ2v) is 4.47. The fourth-order valence-corrected chi connectivity index (χ4v) is 2.11. The number of benzene rings is 1. The lowest BCUT2D eigenvalue weighted by Gasteiger charge is -1.97. The molecule has 94 valence electrons. The van der Waals surface area contributed by atoms with Crippen LogP contribution in [-0.2, 0) is 6.42 Å². The molecule has 0 saturated heterocycles. The van der Waals surface area contributed by atoms with Gasteiger partial charge in [0.2, 0.25) is 0 Å². The van der Waals surface area contributed by atoms with Gasteiger partial charge in [-0.2, -0.15) is 0 Å². The van der Waals surface area contributed by atoms with Gasteiger partial charge in [0.25, 0.3) is 0 Å². The van der Waals surface area contributed by atoms with E-state index in [-0.39, 0.29) is 0 Å². The van der Waals surface area contributed by atoms with Crippen molar-refractivity contribution in [2.24, 2.45) is 5.18 Å². The van der Waals surface area contributed by atoms with E-state index in [1.54, 1.807) is 18.3 Å². The summed E-state index contributed by atoms with van der Waals surface area (Å²) in [5.74, 6) is 0.803. The summed E-state index contributed by atoms with van der Waals surface area (Å²) < 4.78 is 0. The number of halogens is 1. The highest BCUT2D eigenvalue weighted by atomic mass is 35.5. The Bertz CT molecular complexity index is 736. The normalized spacial score (nSPS) is 10.8. The lowest BCUT2D eigenvalue weighted by molar-refractivity contribution is 1.04. The maximum absolute atomic E-state index is 10.3. The summed E-state index contributed by atoms with van der Waals surface area (Å²) in [6, 6.07) is 8.89. The minimum Gasteiger partial charge on any atom is -0.342 e. The third kappa shape index (κ3) is 2.32. The van der Waals surface area contributed by atoms with Crippen LogP contribution in [0.15, 0.2) is 41.7 Å². The first kappa shape index (κ1) is 11.8. The van der Waals surface area contributed by atoms with Gasteiger partial charge in [-0.25, -0.2) is 9.97 Å². The summed E-state index contributed by atoms with van der Waals surface area (Å²) in [4.78, 5) is 21.9. The number of fused-ring (bicyclic) bond motifs is 1. The number of rotatable bonds is 3. The molecule has 0 fully saturated rings. The Kier molecular flexibility index (Phi) is 2.97. The minimum atomic E-state index is 0.389. The molecule has 0 spiro atoms. The van der Waals surface area contributed by atoms with Crippen molar-refractivity contribution in [3.8, 4) is 0 Å². The molecule has 3 aromatic rings. The van der Waals surface area contributed by atoms with E-state index in [1.165, 1.54) is 0 Å². The molecule has 0 aliphatic rings. The first-order valence-electron chi connectivity index (χ1n) is 5.67. The summed E-state index contributed by atoms with van der Waals surface area (Å²) in [6.07, 6.45) is 2.27. The zero-order valence-electron chi connectivity index (χ0n) is 9.80. The average Bonchev–Trinajstić information content (AvgIpc) is 2.84. The standard InChI is InChI=1S/C13H9ClN4O/c14-13-12-10(5-6-15-13)16-11(17-12)7-8-1-3-9(18-19)4-2-8/h1-6H,7H2,(H,16,17). The molecule has 6 heteroatoms. The van der Waals surface area contributed by atoms with Crippen molar-refractivity contribution >= 4 is 28.3 Å². The smallest absolute Gasteiger partial charge is 0.156 e. The molecule has 5 nitrogen and oxygen atoms in total. The molecule has 2 aromatic heterocycles. The molecule has 0 atom stereocenters. The predicted molar refractivity (Wildman–Crippen MR) is 73.6 cm³/mol. The number of aromatic amines is 1. The summed E-state index contributed by atoms with van der Waals surface area (Å²) in [5, 5.41) is 3.26. The quantitative estimate of drug-likeness (QED) is 0.585. The van der Waals surface area contributed by atoms with Gasteiger partial charge in [0, 0.05) is 12.6 Å². The Morgan fingerprint density at radius 3 is 2.68 bits per heavy atom. The summed E-state index contributed by atoms with van der Waals surface area (Å²) >= 11 is 5.97. The number of hydrogen-bond donors (Lipinski definition) is 1. The number of H-pyrrole nitrogens is 1. The van der Waals surface area contributed by atoms with Crippen LogP contribution < -0.4 is 0 Å². The van der Waals surface area contributed by atoms with Gasteiger partial charge in [0.05, 0.1) is 5.52 Å². The molecule has 2 heterocycles. The Balaban J connectivity index is 1.92. The highest BCUT2D eigenvalue weighted by molar-refractivity contribution is 6.33. The van der Waals surface area contributed by atoms with Crippen LogP contribution in [0, 0.1) is 4.91 Å². The van der Waals surface area contributed by atoms with Crippen LogP contribution in [0.2, 0.25) is 5.15 Å². The number of imidazole rings is 1. The molecular weight excluding hydrogens is 264 g/mol. The molecule has 3 rings (SSSR count). The monoisotopic (exact) mass is 272 g/mol. The first-order chi connectivity index (χ1) is 9.26. The number of aromatic nitrogens is 3. The maximum Gasteiger partial charge on any atom is 0.156 e. The molecule has 0 bridgehead atoms. The predicted octanol–water partition coefficient (Wildman–Crippen LogP) is 3.60. The van der Waals surface area contributed by atoms with Crippen molar-refractivity contribution < 1.29 is 0 Å².